The standard InChI is InChI=1S/C19H22BrN3OSi/c1-23-17(24)19(22-18(23)21,14-6-5-7-15(20)12-14)13-8-10-16(11-9-13)25(2,3)4/h5-12H,1-4H3,(H2,21,22). The van der Waals surface area contributed by atoms with Crippen molar-refractivity contribution in [2.45, 2.75) is 25.2 Å². The fourth-order valence-corrected chi connectivity index (χ4v) is 4.67. The lowest BCUT2D eigenvalue weighted by molar-refractivity contribution is -0.129. The minimum Gasteiger partial charge on any atom is -0.369 e. The molecule has 0 saturated heterocycles. The second kappa shape index (κ2) is 6.11. The van der Waals surface area contributed by atoms with Crippen LogP contribution in [0.1, 0.15) is 11.1 Å². The molecule has 1 amide bonds. The molecular formula is C19H22BrN3OSi. The Kier molecular flexibility index (Phi) is 4.37. The van der Waals surface area contributed by atoms with E-state index in [0.29, 0.717) is 0 Å². The van der Waals surface area contributed by atoms with Gasteiger partial charge in [0.05, 0.1) is 8.07 Å². The van der Waals surface area contributed by atoms with E-state index in [-0.39, 0.29) is 11.9 Å². The van der Waals surface area contributed by atoms with E-state index in [2.05, 4.69) is 52.7 Å². The third-order valence-corrected chi connectivity index (χ3v) is 7.21. The Balaban J connectivity index is 2.22. The van der Waals surface area contributed by atoms with E-state index < -0.39 is 13.6 Å². The molecule has 0 aliphatic carbocycles. The summed E-state index contributed by atoms with van der Waals surface area (Å²) in [5.41, 5.74) is 6.53. The Morgan fingerprint density at radius 3 is 2.20 bits per heavy atom. The predicted molar refractivity (Wildman–Crippen MR) is 109 cm³/mol. The van der Waals surface area contributed by atoms with Gasteiger partial charge in [-0.15, -0.1) is 0 Å². The number of hydrogen-bond acceptors (Lipinski definition) is 3. The number of nitrogens with zero attached hydrogens (tertiary/aromatic N) is 2. The van der Waals surface area contributed by atoms with Gasteiger partial charge in [-0.25, -0.2) is 4.99 Å². The van der Waals surface area contributed by atoms with Crippen LogP contribution in [-0.2, 0) is 10.3 Å². The normalized spacial score (nSPS) is 20.8. The van der Waals surface area contributed by atoms with E-state index in [4.69, 9.17) is 5.73 Å². The molecule has 1 aliphatic rings. The summed E-state index contributed by atoms with van der Waals surface area (Å²) in [4.78, 5) is 19.2. The van der Waals surface area contributed by atoms with E-state index in [1.54, 1.807) is 7.05 Å². The lowest BCUT2D eigenvalue weighted by atomic mass is 9.83. The van der Waals surface area contributed by atoms with E-state index in [0.717, 1.165) is 15.6 Å². The molecule has 2 aromatic carbocycles. The summed E-state index contributed by atoms with van der Waals surface area (Å²) in [5, 5.41) is 1.34. The third-order valence-electron chi connectivity index (χ3n) is 4.65. The second-order valence-electron chi connectivity index (χ2n) is 7.38. The van der Waals surface area contributed by atoms with Crippen LogP contribution >= 0.6 is 15.9 Å². The largest absolute Gasteiger partial charge is 0.369 e. The molecule has 6 heteroatoms. The number of aliphatic imine (C=N–C) groups is 1. The zero-order chi connectivity index (χ0) is 18.4. The number of carbonyl (C=O) groups is 1. The van der Waals surface area contributed by atoms with Crippen molar-refractivity contribution in [3.8, 4) is 0 Å². The first-order chi connectivity index (χ1) is 11.7. The molecule has 0 saturated carbocycles. The fraction of sp³-hybridized carbons (Fsp3) is 0.263. The van der Waals surface area contributed by atoms with Gasteiger partial charge in [-0.3, -0.25) is 9.69 Å². The van der Waals surface area contributed by atoms with E-state index in [1.807, 2.05) is 36.4 Å². The maximum absolute atomic E-state index is 13.2. The smallest absolute Gasteiger partial charge is 0.266 e. The lowest BCUT2D eigenvalue weighted by Crippen LogP contribution is -2.42. The third kappa shape index (κ3) is 2.93. The summed E-state index contributed by atoms with van der Waals surface area (Å²) in [6.45, 7) is 6.91. The van der Waals surface area contributed by atoms with Gasteiger partial charge in [0.25, 0.3) is 5.91 Å². The van der Waals surface area contributed by atoms with Gasteiger partial charge in [0.2, 0.25) is 0 Å². The van der Waals surface area contributed by atoms with Gasteiger partial charge in [0, 0.05) is 11.5 Å². The van der Waals surface area contributed by atoms with Gasteiger partial charge >= 0.3 is 0 Å². The fourth-order valence-electron chi connectivity index (χ4n) is 3.11. The maximum Gasteiger partial charge on any atom is 0.266 e. The highest BCUT2D eigenvalue weighted by Gasteiger charge is 2.49. The zero-order valence-electron chi connectivity index (χ0n) is 14.9. The Hall–Kier alpha value is -1.92. The Bertz CT molecular complexity index is 858. The number of rotatable bonds is 3. The zero-order valence-corrected chi connectivity index (χ0v) is 17.5. The molecule has 1 atom stereocenters. The first-order valence-corrected chi connectivity index (χ1v) is 12.5. The number of amides is 1. The molecule has 0 bridgehead atoms. The van der Waals surface area contributed by atoms with Gasteiger partial charge in [0.1, 0.15) is 0 Å². The number of nitrogens with two attached hydrogens (primary N) is 1. The van der Waals surface area contributed by atoms with Crippen LogP contribution in [0.15, 0.2) is 58.0 Å². The summed E-state index contributed by atoms with van der Waals surface area (Å²) in [6.07, 6.45) is 0. The number of likely N-dealkylation sites (N-methyl/N-ethyl adjacent to an activating group) is 1. The summed E-state index contributed by atoms with van der Waals surface area (Å²) in [5.74, 6) is 0.100. The SMILES string of the molecule is CN1C(=O)C(c2ccc([Si](C)(C)C)cc2)(c2cccc(Br)c2)N=C1N. The van der Waals surface area contributed by atoms with Crippen molar-refractivity contribution in [1.29, 1.82) is 0 Å². The van der Waals surface area contributed by atoms with Crippen LogP contribution in [0.3, 0.4) is 0 Å². The Labute approximate surface area is 157 Å². The number of halogens is 1. The minimum absolute atomic E-state index is 0.135. The number of guanidine groups is 1. The van der Waals surface area contributed by atoms with Crippen molar-refractivity contribution in [3.05, 3.63) is 64.1 Å². The average molecular weight is 416 g/mol. The molecule has 0 spiro atoms. The molecule has 0 radical (unpaired) electrons. The molecule has 0 fully saturated rings. The molecule has 2 N–H and O–H groups in total. The van der Waals surface area contributed by atoms with Gasteiger partial charge in [-0.05, 0) is 23.3 Å². The highest BCUT2D eigenvalue weighted by Crippen LogP contribution is 2.39. The molecule has 0 aromatic heterocycles. The van der Waals surface area contributed by atoms with Gasteiger partial charge in [-0.1, -0.05) is 77.2 Å². The van der Waals surface area contributed by atoms with Gasteiger partial charge in [0.15, 0.2) is 11.5 Å². The number of benzene rings is 2. The van der Waals surface area contributed by atoms with Gasteiger partial charge in [-0.2, -0.15) is 0 Å². The number of hydrogen-bond donors (Lipinski definition) is 1. The maximum atomic E-state index is 13.2. The quantitative estimate of drug-likeness (QED) is 0.782. The van der Waals surface area contributed by atoms with Crippen molar-refractivity contribution in [2.75, 3.05) is 7.05 Å². The minimum atomic E-state index is -1.42. The topological polar surface area (TPSA) is 58.7 Å². The van der Waals surface area contributed by atoms with Crippen LogP contribution in [0.4, 0.5) is 0 Å². The van der Waals surface area contributed by atoms with Crippen molar-refractivity contribution < 1.29 is 4.79 Å². The molecule has 25 heavy (non-hydrogen) atoms. The van der Waals surface area contributed by atoms with Crippen LogP contribution in [0.25, 0.3) is 0 Å². The summed E-state index contributed by atoms with van der Waals surface area (Å²) in [6, 6.07) is 16.0. The van der Waals surface area contributed by atoms with E-state index >= 15 is 0 Å². The van der Waals surface area contributed by atoms with E-state index in [9.17, 15) is 4.79 Å². The van der Waals surface area contributed by atoms with Crippen molar-refractivity contribution >= 4 is 41.1 Å². The summed E-state index contributed by atoms with van der Waals surface area (Å²) in [7, 11) is 0.248. The van der Waals surface area contributed by atoms with Crippen LogP contribution < -0.4 is 10.9 Å². The molecule has 1 aliphatic heterocycles. The molecule has 130 valence electrons. The molecule has 4 nitrogen and oxygen atoms in total. The van der Waals surface area contributed by atoms with E-state index in [1.165, 1.54) is 10.1 Å². The molecule has 2 aromatic rings. The summed E-state index contributed by atoms with van der Waals surface area (Å²) < 4.78 is 0.902. The van der Waals surface area contributed by atoms with Crippen molar-refractivity contribution in [3.63, 3.8) is 0 Å². The van der Waals surface area contributed by atoms with Crippen LogP contribution in [-0.4, -0.2) is 31.9 Å². The highest BCUT2D eigenvalue weighted by molar-refractivity contribution is 9.10. The average Bonchev–Trinajstić information content (AvgIpc) is 2.79. The first-order valence-electron chi connectivity index (χ1n) is 8.17. The molecular weight excluding hydrogens is 394 g/mol. The summed E-state index contributed by atoms with van der Waals surface area (Å²) >= 11 is 3.49. The monoisotopic (exact) mass is 415 g/mol. The van der Waals surface area contributed by atoms with Crippen molar-refractivity contribution in [1.82, 2.24) is 4.90 Å². The van der Waals surface area contributed by atoms with Crippen LogP contribution in [0.2, 0.25) is 19.6 Å². The number of carbonyl (C=O) groups excluding carboxylic acids is 1. The van der Waals surface area contributed by atoms with Crippen LogP contribution in [0, 0.1) is 0 Å². The molecule has 1 unspecified atom stereocenters. The van der Waals surface area contributed by atoms with Crippen molar-refractivity contribution in [2.24, 2.45) is 10.7 Å². The van der Waals surface area contributed by atoms with Gasteiger partial charge < -0.3 is 5.73 Å². The first kappa shape index (κ1) is 17.9. The molecule has 3 rings (SSSR count). The van der Waals surface area contributed by atoms with Crippen LogP contribution in [0.5, 0.6) is 0 Å². The molecule has 1 heterocycles. The Morgan fingerprint density at radius 2 is 1.72 bits per heavy atom. The predicted octanol–water partition coefficient (Wildman–Crippen LogP) is 3.02. The second-order valence-corrected chi connectivity index (χ2v) is 13.4. The Morgan fingerprint density at radius 1 is 1.08 bits per heavy atom. The highest BCUT2D eigenvalue weighted by atomic mass is 79.9. The lowest BCUT2D eigenvalue weighted by Gasteiger charge is -2.27.